The molecule has 1 fully saturated rings. The summed E-state index contributed by atoms with van der Waals surface area (Å²) in [5.41, 5.74) is 1.82. The smallest absolute Gasteiger partial charge is 0.246 e. The molecule has 1 N–H and O–H groups in total. The van der Waals surface area contributed by atoms with Crippen LogP contribution in [0.3, 0.4) is 0 Å². The number of aryl methyl sites for hydroxylation is 1. The van der Waals surface area contributed by atoms with Crippen LogP contribution in [0.25, 0.3) is 11.4 Å². The van der Waals surface area contributed by atoms with Gasteiger partial charge < -0.3 is 9.84 Å². The predicted octanol–water partition coefficient (Wildman–Crippen LogP) is 2.76. The van der Waals surface area contributed by atoms with Crippen LogP contribution in [0.5, 0.6) is 0 Å². The van der Waals surface area contributed by atoms with Gasteiger partial charge in [-0.05, 0) is 31.9 Å². The molecule has 0 saturated carbocycles. The van der Waals surface area contributed by atoms with Crippen LogP contribution in [-0.2, 0) is 21.4 Å². The van der Waals surface area contributed by atoms with Crippen LogP contribution in [0, 0.1) is 12.8 Å². The second-order valence-corrected chi connectivity index (χ2v) is 9.55. The molecule has 1 unspecified atom stereocenters. The number of hydrogen-bond acceptors (Lipinski definition) is 6. The zero-order valence-corrected chi connectivity index (χ0v) is 18.0. The molecule has 8 nitrogen and oxygen atoms in total. The average Bonchev–Trinajstić information content (AvgIpc) is 3.27. The van der Waals surface area contributed by atoms with Gasteiger partial charge in [0.05, 0.1) is 17.4 Å². The lowest BCUT2D eigenvalue weighted by atomic mass is 9.99. The normalized spacial score (nSPS) is 17.4. The topological polar surface area (TPSA) is 105 Å². The molecule has 31 heavy (non-hydrogen) atoms. The highest BCUT2D eigenvalue weighted by Crippen LogP contribution is 2.24. The molecule has 2 aromatic carbocycles. The first kappa shape index (κ1) is 21.2. The number of hydrogen-bond donors (Lipinski definition) is 1. The fourth-order valence-electron chi connectivity index (χ4n) is 3.57. The molecule has 4 rings (SSSR count). The van der Waals surface area contributed by atoms with Gasteiger partial charge in [0.2, 0.25) is 27.6 Å². The van der Waals surface area contributed by atoms with Crippen molar-refractivity contribution in [1.29, 1.82) is 0 Å². The van der Waals surface area contributed by atoms with Crippen LogP contribution in [0.4, 0.5) is 0 Å². The van der Waals surface area contributed by atoms with Gasteiger partial charge in [-0.2, -0.15) is 9.29 Å². The van der Waals surface area contributed by atoms with Crippen molar-refractivity contribution in [3.63, 3.8) is 0 Å². The second kappa shape index (κ2) is 8.99. The standard InChI is InChI=1S/C22H24N4O4S/c1-16-9-11-19(12-10-16)31(28,29)26-13-5-8-18(15-26)22(27)23-14-20-24-21(25-30-20)17-6-3-2-4-7-17/h2-4,6-7,9-12,18H,5,8,13-15H2,1H3,(H,23,27). The minimum Gasteiger partial charge on any atom is -0.347 e. The Labute approximate surface area is 181 Å². The number of nitrogens with zero attached hydrogens (tertiary/aromatic N) is 3. The van der Waals surface area contributed by atoms with Crippen LogP contribution in [0.2, 0.25) is 0 Å². The highest BCUT2D eigenvalue weighted by molar-refractivity contribution is 7.89. The van der Waals surface area contributed by atoms with E-state index in [-0.39, 0.29) is 23.9 Å². The summed E-state index contributed by atoms with van der Waals surface area (Å²) in [6, 6.07) is 16.2. The zero-order chi connectivity index (χ0) is 21.8. The third kappa shape index (κ3) is 4.83. The van der Waals surface area contributed by atoms with E-state index in [1.54, 1.807) is 24.3 Å². The zero-order valence-electron chi connectivity index (χ0n) is 17.2. The summed E-state index contributed by atoms with van der Waals surface area (Å²) in [7, 11) is -3.63. The number of benzene rings is 2. The predicted molar refractivity (Wildman–Crippen MR) is 114 cm³/mol. The van der Waals surface area contributed by atoms with Gasteiger partial charge in [-0.15, -0.1) is 0 Å². The first-order valence-corrected chi connectivity index (χ1v) is 11.6. The van der Waals surface area contributed by atoms with Crippen LogP contribution < -0.4 is 5.32 Å². The molecule has 1 aliphatic rings. The molecule has 1 aliphatic heterocycles. The van der Waals surface area contributed by atoms with Gasteiger partial charge in [0.1, 0.15) is 0 Å². The molecule has 0 bridgehead atoms. The van der Waals surface area contributed by atoms with Gasteiger partial charge in [0, 0.05) is 18.7 Å². The second-order valence-electron chi connectivity index (χ2n) is 7.61. The number of piperidine rings is 1. The molecule has 3 aromatic rings. The van der Waals surface area contributed by atoms with E-state index in [0.29, 0.717) is 31.1 Å². The van der Waals surface area contributed by atoms with E-state index in [0.717, 1.165) is 11.1 Å². The van der Waals surface area contributed by atoms with E-state index in [1.165, 1.54) is 4.31 Å². The molecule has 1 aromatic heterocycles. The lowest BCUT2D eigenvalue weighted by molar-refractivity contribution is -0.126. The molecule has 0 spiro atoms. The molecule has 1 amide bonds. The molecule has 9 heteroatoms. The molecular formula is C22H24N4O4S. The van der Waals surface area contributed by atoms with E-state index in [4.69, 9.17) is 4.52 Å². The molecule has 0 aliphatic carbocycles. The van der Waals surface area contributed by atoms with Crippen molar-refractivity contribution in [3.05, 3.63) is 66.1 Å². The Morgan fingerprint density at radius 3 is 2.65 bits per heavy atom. The first-order valence-electron chi connectivity index (χ1n) is 10.2. The summed E-state index contributed by atoms with van der Waals surface area (Å²) in [5.74, 6) is 0.110. The highest BCUT2D eigenvalue weighted by Gasteiger charge is 2.33. The maximum Gasteiger partial charge on any atom is 0.246 e. The average molecular weight is 441 g/mol. The molecule has 0 radical (unpaired) electrons. The third-order valence-corrected chi connectivity index (χ3v) is 7.21. The quantitative estimate of drug-likeness (QED) is 0.632. The summed E-state index contributed by atoms with van der Waals surface area (Å²) >= 11 is 0. The van der Waals surface area contributed by atoms with Crippen LogP contribution in [0.1, 0.15) is 24.3 Å². The minimum atomic E-state index is -3.63. The summed E-state index contributed by atoms with van der Waals surface area (Å²) in [5, 5.41) is 6.73. The Balaban J connectivity index is 1.37. The van der Waals surface area contributed by atoms with Gasteiger partial charge in [-0.1, -0.05) is 53.2 Å². The van der Waals surface area contributed by atoms with Gasteiger partial charge in [-0.25, -0.2) is 8.42 Å². The largest absolute Gasteiger partial charge is 0.347 e. The van der Waals surface area contributed by atoms with Crippen LogP contribution in [-0.4, -0.2) is 41.9 Å². The van der Waals surface area contributed by atoms with E-state index < -0.39 is 15.9 Å². The summed E-state index contributed by atoms with van der Waals surface area (Å²) in [6.07, 6.45) is 1.26. The van der Waals surface area contributed by atoms with Crippen molar-refractivity contribution in [2.45, 2.75) is 31.2 Å². The fraction of sp³-hybridized carbons (Fsp3) is 0.318. The van der Waals surface area contributed by atoms with Crippen molar-refractivity contribution in [2.24, 2.45) is 5.92 Å². The van der Waals surface area contributed by atoms with Crippen molar-refractivity contribution < 1.29 is 17.7 Å². The van der Waals surface area contributed by atoms with E-state index in [9.17, 15) is 13.2 Å². The Morgan fingerprint density at radius 2 is 1.90 bits per heavy atom. The van der Waals surface area contributed by atoms with Crippen molar-refractivity contribution in [2.75, 3.05) is 13.1 Å². The van der Waals surface area contributed by atoms with E-state index in [1.807, 2.05) is 37.3 Å². The fourth-order valence-corrected chi connectivity index (χ4v) is 5.10. The van der Waals surface area contributed by atoms with Crippen molar-refractivity contribution >= 4 is 15.9 Å². The van der Waals surface area contributed by atoms with E-state index >= 15 is 0 Å². The Kier molecular flexibility index (Phi) is 6.15. The van der Waals surface area contributed by atoms with Gasteiger partial charge in [0.15, 0.2) is 0 Å². The van der Waals surface area contributed by atoms with Crippen LogP contribution in [0.15, 0.2) is 64.0 Å². The minimum absolute atomic E-state index is 0.0971. The number of sulfonamides is 1. The third-order valence-electron chi connectivity index (χ3n) is 5.33. The van der Waals surface area contributed by atoms with Crippen molar-refractivity contribution in [3.8, 4) is 11.4 Å². The number of carbonyl (C=O) groups is 1. The lowest BCUT2D eigenvalue weighted by Crippen LogP contribution is -2.45. The maximum absolute atomic E-state index is 12.9. The highest BCUT2D eigenvalue weighted by atomic mass is 32.2. The van der Waals surface area contributed by atoms with E-state index in [2.05, 4.69) is 15.5 Å². The molecular weight excluding hydrogens is 416 g/mol. The number of nitrogens with one attached hydrogen (secondary N) is 1. The SMILES string of the molecule is Cc1ccc(S(=O)(=O)N2CCCC(C(=O)NCc3nc(-c4ccccc4)no3)C2)cc1. The van der Waals surface area contributed by atoms with Crippen molar-refractivity contribution in [1.82, 2.24) is 19.8 Å². The number of amides is 1. The molecule has 162 valence electrons. The first-order chi connectivity index (χ1) is 14.9. The number of carbonyl (C=O) groups excluding carboxylic acids is 1. The number of aromatic nitrogens is 2. The Hall–Kier alpha value is -3.04. The summed E-state index contributed by atoms with van der Waals surface area (Å²) in [6.45, 7) is 2.56. The van der Waals surface area contributed by atoms with Gasteiger partial charge >= 0.3 is 0 Å². The Morgan fingerprint density at radius 1 is 1.16 bits per heavy atom. The lowest BCUT2D eigenvalue weighted by Gasteiger charge is -2.31. The Bertz CT molecular complexity index is 1140. The van der Waals surface area contributed by atoms with Gasteiger partial charge in [0.25, 0.3) is 0 Å². The molecule has 2 heterocycles. The van der Waals surface area contributed by atoms with Gasteiger partial charge in [-0.3, -0.25) is 4.79 Å². The number of rotatable bonds is 6. The molecule has 1 atom stereocenters. The summed E-state index contributed by atoms with van der Waals surface area (Å²) in [4.78, 5) is 17.2. The summed E-state index contributed by atoms with van der Waals surface area (Å²) < 4.78 is 32.5. The molecule has 1 saturated heterocycles. The maximum atomic E-state index is 12.9. The van der Waals surface area contributed by atoms with Crippen LogP contribution >= 0.6 is 0 Å². The monoisotopic (exact) mass is 440 g/mol.